The van der Waals surface area contributed by atoms with Crippen molar-refractivity contribution in [3.05, 3.63) is 57.5 Å². The Hall–Kier alpha value is -1.77. The van der Waals surface area contributed by atoms with Crippen LogP contribution in [0.2, 0.25) is 15.1 Å². The average molecular weight is 486 g/mol. The standard InChI is InChI=1S/C20H19Cl3N4O2S/c1-29-11-5-10-27-19(13-6-2-3-7-14(13)21)25-26-20(27)30-12-17(28)24-18-15(22)8-4-9-16(18)23/h2-4,6-9H,5,10-12H2,1H3,(H,24,28). The fraction of sp³-hybridized carbons (Fsp3) is 0.250. The summed E-state index contributed by atoms with van der Waals surface area (Å²) in [5.74, 6) is 0.515. The van der Waals surface area contributed by atoms with Gasteiger partial charge in [0.1, 0.15) is 0 Å². The number of hydrogen-bond donors (Lipinski definition) is 1. The van der Waals surface area contributed by atoms with Crippen LogP contribution in [0.15, 0.2) is 47.6 Å². The molecular weight excluding hydrogens is 467 g/mol. The Bertz CT molecular complexity index is 1010. The third-order valence-electron chi connectivity index (χ3n) is 4.12. The van der Waals surface area contributed by atoms with E-state index < -0.39 is 0 Å². The Morgan fingerprint density at radius 3 is 2.47 bits per heavy atom. The van der Waals surface area contributed by atoms with Crippen LogP contribution >= 0.6 is 46.6 Å². The maximum atomic E-state index is 12.4. The quantitative estimate of drug-likeness (QED) is 0.312. The van der Waals surface area contributed by atoms with Crippen LogP contribution in [0.3, 0.4) is 0 Å². The molecule has 0 aliphatic carbocycles. The van der Waals surface area contributed by atoms with E-state index in [-0.39, 0.29) is 11.7 Å². The van der Waals surface area contributed by atoms with Gasteiger partial charge in [-0.1, -0.05) is 64.8 Å². The van der Waals surface area contributed by atoms with Crippen LogP contribution in [0.1, 0.15) is 6.42 Å². The monoisotopic (exact) mass is 484 g/mol. The molecule has 3 rings (SSSR count). The Morgan fingerprint density at radius 1 is 1.07 bits per heavy atom. The van der Waals surface area contributed by atoms with Crippen LogP contribution < -0.4 is 5.32 Å². The smallest absolute Gasteiger partial charge is 0.234 e. The first-order chi connectivity index (χ1) is 14.5. The molecule has 0 bridgehead atoms. The van der Waals surface area contributed by atoms with Gasteiger partial charge >= 0.3 is 0 Å². The molecule has 1 amide bonds. The van der Waals surface area contributed by atoms with Crippen LogP contribution in [0, 0.1) is 0 Å². The van der Waals surface area contributed by atoms with E-state index in [1.54, 1.807) is 31.4 Å². The maximum Gasteiger partial charge on any atom is 0.234 e. The maximum absolute atomic E-state index is 12.4. The summed E-state index contributed by atoms with van der Waals surface area (Å²) in [6, 6.07) is 12.5. The third-order valence-corrected chi connectivity index (χ3v) is 6.05. The molecule has 30 heavy (non-hydrogen) atoms. The van der Waals surface area contributed by atoms with Gasteiger partial charge in [0.05, 0.1) is 26.5 Å². The van der Waals surface area contributed by atoms with Crippen molar-refractivity contribution in [1.82, 2.24) is 14.8 Å². The highest BCUT2D eigenvalue weighted by Crippen LogP contribution is 2.31. The van der Waals surface area contributed by atoms with Crippen LogP contribution in [-0.2, 0) is 16.1 Å². The van der Waals surface area contributed by atoms with E-state index >= 15 is 0 Å². The molecule has 1 aromatic heterocycles. The molecular formula is C20H19Cl3N4O2S. The van der Waals surface area contributed by atoms with Gasteiger partial charge in [0.2, 0.25) is 5.91 Å². The molecule has 0 aliphatic rings. The number of nitrogens with one attached hydrogen (secondary N) is 1. The number of carbonyl (C=O) groups excluding carboxylic acids is 1. The molecule has 3 aromatic rings. The van der Waals surface area contributed by atoms with E-state index in [2.05, 4.69) is 15.5 Å². The summed E-state index contributed by atoms with van der Waals surface area (Å²) < 4.78 is 7.11. The van der Waals surface area contributed by atoms with E-state index in [1.165, 1.54) is 11.8 Å². The molecule has 6 nitrogen and oxygen atoms in total. The van der Waals surface area contributed by atoms with Gasteiger partial charge in [-0.05, 0) is 30.7 Å². The van der Waals surface area contributed by atoms with Crippen molar-refractivity contribution in [2.75, 3.05) is 24.8 Å². The molecule has 0 aliphatic heterocycles. The second-order valence-electron chi connectivity index (χ2n) is 6.22. The van der Waals surface area contributed by atoms with Crippen LogP contribution in [0.5, 0.6) is 0 Å². The zero-order chi connectivity index (χ0) is 21.5. The lowest BCUT2D eigenvalue weighted by molar-refractivity contribution is -0.113. The highest BCUT2D eigenvalue weighted by Gasteiger charge is 2.18. The number of hydrogen-bond acceptors (Lipinski definition) is 5. The first-order valence-electron chi connectivity index (χ1n) is 9.05. The lowest BCUT2D eigenvalue weighted by atomic mass is 10.2. The second-order valence-corrected chi connectivity index (χ2v) is 8.38. The summed E-state index contributed by atoms with van der Waals surface area (Å²) in [7, 11) is 1.65. The number of nitrogens with zero attached hydrogens (tertiary/aromatic N) is 3. The van der Waals surface area contributed by atoms with Gasteiger partial charge in [-0.25, -0.2) is 0 Å². The van der Waals surface area contributed by atoms with Crippen molar-refractivity contribution < 1.29 is 9.53 Å². The Kier molecular flexibility index (Phi) is 8.41. The molecule has 1 heterocycles. The Morgan fingerprint density at radius 2 is 1.77 bits per heavy atom. The SMILES string of the molecule is COCCCn1c(SCC(=O)Nc2c(Cl)cccc2Cl)nnc1-c1ccccc1Cl. The van der Waals surface area contributed by atoms with E-state index in [0.717, 1.165) is 12.0 Å². The van der Waals surface area contributed by atoms with Crippen LogP contribution in [0.25, 0.3) is 11.4 Å². The molecule has 0 saturated carbocycles. The number of halogens is 3. The highest BCUT2D eigenvalue weighted by molar-refractivity contribution is 7.99. The number of benzene rings is 2. The van der Waals surface area contributed by atoms with Crippen molar-refractivity contribution in [1.29, 1.82) is 0 Å². The molecule has 0 radical (unpaired) electrons. The van der Waals surface area contributed by atoms with Gasteiger partial charge < -0.3 is 14.6 Å². The zero-order valence-corrected chi connectivity index (χ0v) is 19.2. The van der Waals surface area contributed by atoms with Crippen molar-refractivity contribution in [3.63, 3.8) is 0 Å². The van der Waals surface area contributed by atoms with Crippen molar-refractivity contribution in [2.24, 2.45) is 0 Å². The van der Waals surface area contributed by atoms with Crippen molar-refractivity contribution in [3.8, 4) is 11.4 Å². The van der Waals surface area contributed by atoms with E-state index in [9.17, 15) is 4.79 Å². The average Bonchev–Trinajstić information content (AvgIpc) is 3.12. The number of anilines is 1. The molecule has 0 saturated heterocycles. The van der Waals surface area contributed by atoms with E-state index in [4.69, 9.17) is 39.5 Å². The summed E-state index contributed by atoms with van der Waals surface area (Å²) in [5.41, 5.74) is 1.17. The minimum absolute atomic E-state index is 0.118. The van der Waals surface area contributed by atoms with Crippen LogP contribution in [0.4, 0.5) is 5.69 Å². The normalized spacial score (nSPS) is 10.9. The molecule has 2 aromatic carbocycles. The van der Waals surface area contributed by atoms with Crippen molar-refractivity contribution in [2.45, 2.75) is 18.1 Å². The largest absolute Gasteiger partial charge is 0.385 e. The van der Waals surface area contributed by atoms with E-state index in [0.29, 0.717) is 44.9 Å². The van der Waals surface area contributed by atoms with Gasteiger partial charge in [0, 0.05) is 25.8 Å². The summed E-state index contributed by atoms with van der Waals surface area (Å²) in [5, 5.41) is 13.3. The minimum atomic E-state index is -0.249. The minimum Gasteiger partial charge on any atom is -0.385 e. The fourth-order valence-corrected chi connectivity index (χ4v) is 4.21. The summed E-state index contributed by atoms with van der Waals surface area (Å²) in [4.78, 5) is 12.4. The van der Waals surface area contributed by atoms with Crippen molar-refractivity contribution >= 4 is 58.2 Å². The number of aromatic nitrogens is 3. The van der Waals surface area contributed by atoms with E-state index in [1.807, 2.05) is 22.8 Å². The summed E-state index contributed by atoms with van der Waals surface area (Å²) >= 11 is 19.9. The number of para-hydroxylation sites is 1. The number of thioether (sulfide) groups is 1. The lowest BCUT2D eigenvalue weighted by Gasteiger charge is -2.11. The predicted octanol–water partition coefficient (Wildman–Crippen LogP) is 5.67. The third kappa shape index (κ3) is 5.68. The molecule has 158 valence electrons. The second kappa shape index (κ2) is 11.0. The molecule has 0 unspecified atom stereocenters. The summed E-state index contributed by atoms with van der Waals surface area (Å²) in [6.07, 6.45) is 0.765. The number of amides is 1. The topological polar surface area (TPSA) is 69.0 Å². The van der Waals surface area contributed by atoms with Gasteiger partial charge in [-0.15, -0.1) is 10.2 Å². The first kappa shape index (κ1) is 22.9. The van der Waals surface area contributed by atoms with Gasteiger partial charge in [-0.2, -0.15) is 0 Å². The Labute approximate surface area is 193 Å². The molecule has 10 heteroatoms. The molecule has 1 N–H and O–H groups in total. The molecule has 0 spiro atoms. The molecule has 0 atom stereocenters. The molecule has 0 fully saturated rings. The highest BCUT2D eigenvalue weighted by atomic mass is 35.5. The van der Waals surface area contributed by atoms with Gasteiger partial charge in [0.25, 0.3) is 0 Å². The van der Waals surface area contributed by atoms with Gasteiger partial charge in [-0.3, -0.25) is 4.79 Å². The fourth-order valence-electron chi connectivity index (χ4n) is 2.73. The summed E-state index contributed by atoms with van der Waals surface area (Å²) in [6.45, 7) is 1.22. The first-order valence-corrected chi connectivity index (χ1v) is 11.2. The Balaban J connectivity index is 1.76. The van der Waals surface area contributed by atoms with Crippen LogP contribution in [-0.4, -0.2) is 40.1 Å². The predicted molar refractivity (Wildman–Crippen MR) is 123 cm³/mol. The lowest BCUT2D eigenvalue weighted by Crippen LogP contribution is -2.15. The number of carbonyl (C=O) groups is 1. The number of methoxy groups -OCH3 is 1. The number of ether oxygens (including phenoxy) is 1. The van der Waals surface area contributed by atoms with Gasteiger partial charge in [0.15, 0.2) is 11.0 Å². The number of rotatable bonds is 9. The zero-order valence-electron chi connectivity index (χ0n) is 16.1.